The van der Waals surface area contributed by atoms with Crippen LogP contribution in [0.3, 0.4) is 0 Å². The third-order valence-electron chi connectivity index (χ3n) is 4.30. The number of halogens is 2. The standard InChI is InChI=1S/C21H21ClFN3O2/c1-4-26-18(11-24-20(26)12-25(2)3)14-5-7-15(8-6-14)28-19-10-9-17(22)21(23)16(19)13-27/h5-11,13H,4,12H2,1-3H3. The fourth-order valence-corrected chi connectivity index (χ4v) is 3.14. The smallest absolute Gasteiger partial charge is 0.156 e. The highest BCUT2D eigenvalue weighted by Crippen LogP contribution is 2.31. The van der Waals surface area contributed by atoms with Crippen LogP contribution in [0.25, 0.3) is 11.3 Å². The van der Waals surface area contributed by atoms with Crippen LogP contribution in [0.1, 0.15) is 23.1 Å². The van der Waals surface area contributed by atoms with Crippen molar-refractivity contribution in [3.63, 3.8) is 0 Å². The molecule has 0 radical (unpaired) electrons. The minimum Gasteiger partial charge on any atom is -0.457 e. The van der Waals surface area contributed by atoms with Gasteiger partial charge in [0.05, 0.1) is 29.0 Å². The van der Waals surface area contributed by atoms with Gasteiger partial charge < -0.3 is 14.2 Å². The summed E-state index contributed by atoms with van der Waals surface area (Å²) in [6.07, 6.45) is 2.26. The van der Waals surface area contributed by atoms with Crippen LogP contribution in [0.2, 0.25) is 5.02 Å². The molecule has 1 aromatic heterocycles. The molecule has 0 aliphatic carbocycles. The highest BCUT2D eigenvalue weighted by Gasteiger charge is 2.15. The molecule has 0 aliphatic rings. The number of rotatable bonds is 7. The second kappa shape index (κ2) is 8.54. The second-order valence-corrected chi connectivity index (χ2v) is 6.97. The molecule has 0 unspecified atom stereocenters. The molecule has 7 heteroatoms. The molecule has 0 amide bonds. The third-order valence-corrected chi connectivity index (χ3v) is 4.59. The summed E-state index contributed by atoms with van der Waals surface area (Å²) in [5.41, 5.74) is 1.80. The Balaban J connectivity index is 1.86. The van der Waals surface area contributed by atoms with Gasteiger partial charge in [-0.2, -0.15) is 0 Å². The van der Waals surface area contributed by atoms with Crippen molar-refractivity contribution in [3.05, 3.63) is 64.8 Å². The zero-order valence-corrected chi connectivity index (χ0v) is 16.7. The van der Waals surface area contributed by atoms with Gasteiger partial charge >= 0.3 is 0 Å². The zero-order chi connectivity index (χ0) is 20.3. The normalized spacial score (nSPS) is 11.1. The maximum absolute atomic E-state index is 14.0. The molecule has 0 saturated carbocycles. The first-order valence-electron chi connectivity index (χ1n) is 8.85. The Kier molecular flexibility index (Phi) is 6.11. The van der Waals surface area contributed by atoms with Crippen molar-refractivity contribution in [2.75, 3.05) is 14.1 Å². The molecule has 146 valence electrons. The van der Waals surface area contributed by atoms with E-state index >= 15 is 0 Å². The number of aromatic nitrogens is 2. The minimum atomic E-state index is -0.786. The van der Waals surface area contributed by atoms with Crippen molar-refractivity contribution in [2.45, 2.75) is 20.0 Å². The van der Waals surface area contributed by atoms with E-state index in [0.717, 1.165) is 30.2 Å². The Morgan fingerprint density at radius 1 is 1.21 bits per heavy atom. The van der Waals surface area contributed by atoms with Crippen molar-refractivity contribution < 1.29 is 13.9 Å². The Bertz CT molecular complexity index is 984. The van der Waals surface area contributed by atoms with Crippen molar-refractivity contribution in [1.82, 2.24) is 14.5 Å². The molecule has 0 spiro atoms. The van der Waals surface area contributed by atoms with Gasteiger partial charge in [-0.3, -0.25) is 4.79 Å². The fourth-order valence-electron chi connectivity index (χ4n) is 2.97. The molecule has 3 rings (SSSR count). The van der Waals surface area contributed by atoms with Crippen molar-refractivity contribution >= 4 is 17.9 Å². The van der Waals surface area contributed by atoms with Gasteiger partial charge in [-0.25, -0.2) is 9.37 Å². The number of carbonyl (C=O) groups excluding carboxylic acids is 1. The molecule has 0 saturated heterocycles. The first-order chi connectivity index (χ1) is 13.4. The topological polar surface area (TPSA) is 47.4 Å². The summed E-state index contributed by atoms with van der Waals surface area (Å²) in [7, 11) is 4.02. The number of carbonyl (C=O) groups is 1. The Hall–Kier alpha value is -2.70. The third kappa shape index (κ3) is 4.08. The lowest BCUT2D eigenvalue weighted by atomic mass is 10.1. The van der Waals surface area contributed by atoms with Crippen LogP contribution >= 0.6 is 11.6 Å². The SMILES string of the molecule is CCn1c(-c2ccc(Oc3ccc(Cl)c(F)c3C=O)cc2)cnc1CN(C)C. The molecule has 0 atom stereocenters. The van der Waals surface area contributed by atoms with Crippen molar-refractivity contribution in [3.8, 4) is 22.8 Å². The molecule has 0 bridgehead atoms. The second-order valence-electron chi connectivity index (χ2n) is 6.56. The lowest BCUT2D eigenvalue weighted by Crippen LogP contribution is -2.15. The average Bonchev–Trinajstić information content (AvgIpc) is 3.07. The molecular weight excluding hydrogens is 381 g/mol. The molecule has 3 aromatic rings. The van der Waals surface area contributed by atoms with E-state index in [9.17, 15) is 9.18 Å². The first-order valence-corrected chi connectivity index (χ1v) is 9.23. The highest BCUT2D eigenvalue weighted by atomic mass is 35.5. The van der Waals surface area contributed by atoms with Gasteiger partial charge in [0.15, 0.2) is 12.1 Å². The number of aldehydes is 1. The van der Waals surface area contributed by atoms with E-state index in [1.165, 1.54) is 12.1 Å². The first kappa shape index (κ1) is 20.0. The largest absolute Gasteiger partial charge is 0.457 e. The predicted octanol–water partition coefficient (Wildman–Crippen LogP) is 5.03. The number of hydrogen-bond donors (Lipinski definition) is 0. The average molecular weight is 402 g/mol. The van der Waals surface area contributed by atoms with E-state index in [-0.39, 0.29) is 16.3 Å². The summed E-state index contributed by atoms with van der Waals surface area (Å²) in [4.78, 5) is 17.8. The van der Waals surface area contributed by atoms with Gasteiger partial charge in [0.2, 0.25) is 0 Å². The van der Waals surface area contributed by atoms with Gasteiger partial charge in [0, 0.05) is 12.1 Å². The minimum absolute atomic E-state index is 0.119. The Morgan fingerprint density at radius 2 is 1.93 bits per heavy atom. The number of hydrogen-bond acceptors (Lipinski definition) is 4. The predicted molar refractivity (Wildman–Crippen MR) is 108 cm³/mol. The summed E-state index contributed by atoms with van der Waals surface area (Å²) >= 11 is 5.72. The molecule has 28 heavy (non-hydrogen) atoms. The van der Waals surface area contributed by atoms with Crippen LogP contribution < -0.4 is 4.74 Å². The van der Waals surface area contributed by atoms with Crippen molar-refractivity contribution in [1.29, 1.82) is 0 Å². The molecule has 2 aromatic carbocycles. The summed E-state index contributed by atoms with van der Waals surface area (Å²) in [5, 5.41) is -0.119. The van der Waals surface area contributed by atoms with Crippen LogP contribution in [0.4, 0.5) is 4.39 Å². The van der Waals surface area contributed by atoms with Crippen molar-refractivity contribution in [2.24, 2.45) is 0 Å². The van der Waals surface area contributed by atoms with E-state index < -0.39 is 5.82 Å². The lowest BCUT2D eigenvalue weighted by molar-refractivity contribution is 0.111. The maximum atomic E-state index is 14.0. The molecule has 0 fully saturated rings. The van der Waals surface area contributed by atoms with Crippen LogP contribution in [0, 0.1) is 5.82 Å². The van der Waals surface area contributed by atoms with Gasteiger partial charge in [0.25, 0.3) is 0 Å². The number of nitrogens with zero attached hydrogens (tertiary/aromatic N) is 3. The van der Waals surface area contributed by atoms with E-state index in [1.54, 1.807) is 12.1 Å². The van der Waals surface area contributed by atoms with Gasteiger partial charge in [-0.1, -0.05) is 11.6 Å². The summed E-state index contributed by atoms with van der Waals surface area (Å²) in [6.45, 7) is 3.65. The van der Waals surface area contributed by atoms with Crippen LogP contribution in [0.15, 0.2) is 42.6 Å². The molecule has 5 nitrogen and oxygen atoms in total. The van der Waals surface area contributed by atoms with Gasteiger partial charge in [-0.15, -0.1) is 0 Å². The van der Waals surface area contributed by atoms with Crippen LogP contribution in [0.5, 0.6) is 11.5 Å². The molecular formula is C21H21ClFN3O2. The summed E-state index contributed by atoms with van der Waals surface area (Å²) in [6, 6.07) is 10.2. The maximum Gasteiger partial charge on any atom is 0.156 e. The van der Waals surface area contributed by atoms with E-state index in [1.807, 2.05) is 32.4 Å². The quantitative estimate of drug-likeness (QED) is 0.521. The Labute approximate surface area is 168 Å². The molecule has 0 N–H and O–H groups in total. The zero-order valence-electron chi connectivity index (χ0n) is 15.9. The van der Waals surface area contributed by atoms with Gasteiger partial charge in [-0.05, 0) is 57.4 Å². The van der Waals surface area contributed by atoms with E-state index in [4.69, 9.17) is 16.3 Å². The Morgan fingerprint density at radius 3 is 2.54 bits per heavy atom. The van der Waals surface area contributed by atoms with Gasteiger partial charge in [0.1, 0.15) is 17.3 Å². The van der Waals surface area contributed by atoms with Crippen LogP contribution in [-0.4, -0.2) is 34.8 Å². The molecule has 0 aliphatic heterocycles. The fraction of sp³-hybridized carbons (Fsp3) is 0.238. The number of ether oxygens (including phenoxy) is 1. The number of imidazole rings is 1. The summed E-state index contributed by atoms with van der Waals surface area (Å²) < 4.78 is 21.8. The lowest BCUT2D eigenvalue weighted by Gasteiger charge is -2.13. The monoisotopic (exact) mass is 401 g/mol. The molecule has 1 heterocycles. The van der Waals surface area contributed by atoms with E-state index in [0.29, 0.717) is 12.0 Å². The van der Waals surface area contributed by atoms with Crippen LogP contribution in [-0.2, 0) is 13.1 Å². The number of benzene rings is 2. The van der Waals surface area contributed by atoms with E-state index in [2.05, 4.69) is 21.4 Å². The highest BCUT2D eigenvalue weighted by molar-refractivity contribution is 6.31. The summed E-state index contributed by atoms with van der Waals surface area (Å²) in [5.74, 6) is 0.822.